The molecular formula is C25H26N2. The van der Waals surface area contributed by atoms with Gasteiger partial charge in [-0.2, -0.15) is 0 Å². The normalized spacial score (nSPS) is 14.7. The fourth-order valence-electron chi connectivity index (χ4n) is 3.77. The summed E-state index contributed by atoms with van der Waals surface area (Å²) in [5, 5.41) is 7.04. The van der Waals surface area contributed by atoms with E-state index >= 15 is 0 Å². The number of hydrogen-bond donors (Lipinski definition) is 2. The van der Waals surface area contributed by atoms with Crippen LogP contribution in [0.15, 0.2) is 78.9 Å². The quantitative estimate of drug-likeness (QED) is 0.549. The topological polar surface area (TPSA) is 24.1 Å². The lowest BCUT2D eigenvalue weighted by Crippen LogP contribution is -2.31. The van der Waals surface area contributed by atoms with Gasteiger partial charge >= 0.3 is 0 Å². The van der Waals surface area contributed by atoms with Gasteiger partial charge in [0.05, 0.1) is 5.54 Å². The second kappa shape index (κ2) is 6.96. The molecule has 0 aromatic heterocycles. The highest BCUT2D eigenvalue weighted by Gasteiger charge is 2.22. The van der Waals surface area contributed by atoms with E-state index in [-0.39, 0.29) is 5.54 Å². The summed E-state index contributed by atoms with van der Waals surface area (Å²) in [5.74, 6) is 0. The molecule has 1 aliphatic rings. The predicted molar refractivity (Wildman–Crippen MR) is 117 cm³/mol. The Labute approximate surface area is 162 Å². The van der Waals surface area contributed by atoms with Gasteiger partial charge in [0.25, 0.3) is 0 Å². The van der Waals surface area contributed by atoms with Crippen molar-refractivity contribution < 1.29 is 0 Å². The van der Waals surface area contributed by atoms with Crippen molar-refractivity contribution in [1.82, 2.24) is 0 Å². The number of benzene rings is 3. The van der Waals surface area contributed by atoms with Crippen LogP contribution in [0.25, 0.3) is 5.57 Å². The van der Waals surface area contributed by atoms with Crippen LogP contribution in [0.4, 0.5) is 17.1 Å². The van der Waals surface area contributed by atoms with E-state index in [0.29, 0.717) is 0 Å². The molecule has 0 atom stereocenters. The van der Waals surface area contributed by atoms with Gasteiger partial charge in [0.15, 0.2) is 0 Å². The molecule has 0 saturated carbocycles. The van der Waals surface area contributed by atoms with Gasteiger partial charge in [0.1, 0.15) is 0 Å². The Kier molecular flexibility index (Phi) is 4.49. The smallest absolute Gasteiger partial charge is 0.0505 e. The first-order chi connectivity index (χ1) is 13.0. The number of hydrogen-bond acceptors (Lipinski definition) is 2. The Morgan fingerprint density at radius 2 is 1.48 bits per heavy atom. The van der Waals surface area contributed by atoms with E-state index in [0.717, 1.165) is 17.8 Å². The third-order valence-electron chi connectivity index (χ3n) is 4.97. The van der Waals surface area contributed by atoms with E-state index in [2.05, 4.69) is 92.1 Å². The lowest BCUT2D eigenvalue weighted by Gasteiger charge is -2.31. The molecule has 0 spiro atoms. The maximum absolute atomic E-state index is 3.60. The van der Waals surface area contributed by atoms with Crippen molar-refractivity contribution in [1.29, 1.82) is 0 Å². The molecule has 3 aromatic rings. The van der Waals surface area contributed by atoms with Gasteiger partial charge in [0.2, 0.25) is 0 Å². The zero-order valence-electron chi connectivity index (χ0n) is 16.2. The summed E-state index contributed by atoms with van der Waals surface area (Å²) in [5.41, 5.74) is 8.78. The Bertz CT molecular complexity index is 967. The van der Waals surface area contributed by atoms with E-state index in [1.165, 1.54) is 28.0 Å². The zero-order valence-corrected chi connectivity index (χ0v) is 16.2. The van der Waals surface area contributed by atoms with Crippen molar-refractivity contribution in [3.63, 3.8) is 0 Å². The number of rotatable bonds is 4. The van der Waals surface area contributed by atoms with E-state index < -0.39 is 0 Å². The molecule has 4 rings (SSSR count). The van der Waals surface area contributed by atoms with Crippen molar-refractivity contribution >= 4 is 22.6 Å². The summed E-state index contributed by atoms with van der Waals surface area (Å²) in [7, 11) is 0. The van der Waals surface area contributed by atoms with Gasteiger partial charge in [-0.05, 0) is 80.3 Å². The number of para-hydroxylation sites is 1. The maximum Gasteiger partial charge on any atom is 0.0505 e. The highest BCUT2D eigenvalue weighted by Crippen LogP contribution is 2.34. The Morgan fingerprint density at radius 3 is 2.22 bits per heavy atom. The summed E-state index contributed by atoms with van der Waals surface area (Å²) >= 11 is 0. The molecule has 0 unspecified atom stereocenters. The first-order valence-electron chi connectivity index (χ1n) is 9.50. The van der Waals surface area contributed by atoms with Crippen LogP contribution >= 0.6 is 0 Å². The van der Waals surface area contributed by atoms with Crippen molar-refractivity contribution in [2.24, 2.45) is 0 Å². The van der Waals surface area contributed by atoms with E-state index in [1.54, 1.807) is 0 Å². The Balaban J connectivity index is 1.49. The van der Waals surface area contributed by atoms with Crippen LogP contribution < -0.4 is 10.6 Å². The summed E-state index contributed by atoms with van der Waals surface area (Å²) in [6.45, 7) is 6.62. The number of fused-ring (bicyclic) bond motifs is 1. The standard InChI is InChI=1S/C25H26N2/c1-18-17-25(2,3)27-24-14-11-20(16-23(18)24)15-19-9-12-22(13-10-19)26-21-7-5-4-6-8-21/h4-14,16-17,26-27H,15H2,1-3H3. The number of nitrogens with one attached hydrogen (secondary N) is 2. The molecule has 2 N–H and O–H groups in total. The molecule has 2 nitrogen and oxygen atoms in total. The van der Waals surface area contributed by atoms with E-state index in [9.17, 15) is 0 Å². The second-order valence-electron chi connectivity index (χ2n) is 7.92. The van der Waals surface area contributed by atoms with Gasteiger partial charge in [-0.25, -0.2) is 0 Å². The molecule has 2 heteroatoms. The fraction of sp³-hybridized carbons (Fsp3) is 0.200. The molecule has 0 saturated heterocycles. The van der Waals surface area contributed by atoms with Crippen LogP contribution in [0.5, 0.6) is 0 Å². The van der Waals surface area contributed by atoms with Gasteiger partial charge < -0.3 is 10.6 Å². The molecular weight excluding hydrogens is 328 g/mol. The molecule has 0 radical (unpaired) electrons. The van der Waals surface area contributed by atoms with Gasteiger partial charge in [-0.15, -0.1) is 0 Å². The minimum atomic E-state index is 0.0141. The molecule has 27 heavy (non-hydrogen) atoms. The van der Waals surface area contributed by atoms with Crippen molar-refractivity contribution in [2.45, 2.75) is 32.7 Å². The first kappa shape index (κ1) is 17.4. The Hall–Kier alpha value is -3.00. The monoisotopic (exact) mass is 354 g/mol. The van der Waals surface area contributed by atoms with Gasteiger partial charge in [-0.3, -0.25) is 0 Å². The average Bonchev–Trinajstić information content (AvgIpc) is 2.64. The van der Waals surface area contributed by atoms with Crippen molar-refractivity contribution in [2.75, 3.05) is 10.6 Å². The molecule has 3 aromatic carbocycles. The predicted octanol–water partition coefficient (Wildman–Crippen LogP) is 6.63. The Morgan fingerprint density at radius 1 is 0.815 bits per heavy atom. The summed E-state index contributed by atoms with van der Waals surface area (Å²) < 4.78 is 0. The van der Waals surface area contributed by atoms with Crippen LogP contribution in [-0.4, -0.2) is 5.54 Å². The van der Waals surface area contributed by atoms with Crippen molar-refractivity contribution in [3.05, 3.63) is 95.6 Å². The number of allylic oxidation sites excluding steroid dienone is 1. The maximum atomic E-state index is 3.60. The van der Waals surface area contributed by atoms with Gasteiger partial charge in [0, 0.05) is 22.6 Å². The molecule has 0 amide bonds. The zero-order chi connectivity index (χ0) is 18.9. The second-order valence-corrected chi connectivity index (χ2v) is 7.92. The van der Waals surface area contributed by atoms with Crippen LogP contribution in [0.1, 0.15) is 37.5 Å². The number of anilines is 3. The molecule has 1 aliphatic heterocycles. The molecule has 0 aliphatic carbocycles. The fourth-order valence-corrected chi connectivity index (χ4v) is 3.77. The first-order valence-corrected chi connectivity index (χ1v) is 9.50. The summed E-state index contributed by atoms with van der Waals surface area (Å²) in [6.07, 6.45) is 3.25. The third kappa shape index (κ3) is 4.06. The highest BCUT2D eigenvalue weighted by molar-refractivity contribution is 5.80. The molecule has 136 valence electrons. The van der Waals surface area contributed by atoms with Crippen LogP contribution in [0.3, 0.4) is 0 Å². The van der Waals surface area contributed by atoms with Gasteiger partial charge in [-0.1, -0.05) is 42.5 Å². The minimum absolute atomic E-state index is 0.0141. The molecule has 0 fully saturated rings. The lowest BCUT2D eigenvalue weighted by molar-refractivity contribution is 0.707. The van der Waals surface area contributed by atoms with E-state index in [1.807, 2.05) is 18.2 Å². The molecule has 0 bridgehead atoms. The van der Waals surface area contributed by atoms with Crippen LogP contribution in [0, 0.1) is 0 Å². The summed E-state index contributed by atoms with van der Waals surface area (Å²) in [6, 6.07) is 25.7. The SMILES string of the molecule is CC1=CC(C)(C)Nc2ccc(Cc3ccc(Nc4ccccc4)cc3)cc21. The molecule has 1 heterocycles. The highest BCUT2D eigenvalue weighted by atomic mass is 15.0. The minimum Gasteiger partial charge on any atom is -0.376 e. The third-order valence-corrected chi connectivity index (χ3v) is 4.97. The van der Waals surface area contributed by atoms with E-state index in [4.69, 9.17) is 0 Å². The largest absolute Gasteiger partial charge is 0.376 e. The lowest BCUT2D eigenvalue weighted by atomic mass is 9.89. The van der Waals surface area contributed by atoms with Crippen LogP contribution in [0.2, 0.25) is 0 Å². The van der Waals surface area contributed by atoms with Crippen molar-refractivity contribution in [3.8, 4) is 0 Å². The average molecular weight is 354 g/mol. The summed E-state index contributed by atoms with van der Waals surface area (Å²) in [4.78, 5) is 0. The van der Waals surface area contributed by atoms with Crippen LogP contribution in [-0.2, 0) is 6.42 Å².